The lowest BCUT2D eigenvalue weighted by atomic mass is 10.2. The van der Waals surface area contributed by atoms with Crippen LogP contribution in [0.2, 0.25) is 0 Å². The molecule has 0 bridgehead atoms. The van der Waals surface area contributed by atoms with E-state index >= 15 is 0 Å². The predicted octanol–water partition coefficient (Wildman–Crippen LogP) is 0.739. The molecule has 1 aromatic rings. The number of benzene rings is 1. The number of hydrogen-bond donors (Lipinski definition) is 3. The highest BCUT2D eigenvalue weighted by molar-refractivity contribution is 8.00. The van der Waals surface area contributed by atoms with E-state index in [1.165, 1.54) is 11.8 Å². The molecule has 1 aromatic carbocycles. The first kappa shape index (κ1) is 16.3. The molecule has 0 saturated carbocycles. The molecule has 20 heavy (non-hydrogen) atoms. The maximum absolute atomic E-state index is 11.6. The lowest BCUT2D eigenvalue weighted by Crippen LogP contribution is -2.42. The quantitative estimate of drug-likeness (QED) is 0.613. The van der Waals surface area contributed by atoms with Crippen molar-refractivity contribution < 1.29 is 24.5 Å². The first-order valence-electron chi connectivity index (χ1n) is 5.96. The molecule has 0 spiro atoms. The smallest absolute Gasteiger partial charge is 0.326 e. The molecule has 0 aliphatic rings. The first-order valence-corrected chi connectivity index (χ1v) is 6.95. The summed E-state index contributed by atoms with van der Waals surface area (Å²) in [4.78, 5) is 23.3. The van der Waals surface area contributed by atoms with Crippen molar-refractivity contribution in [3.63, 3.8) is 0 Å². The second kappa shape index (κ2) is 8.44. The Labute approximate surface area is 121 Å². The van der Waals surface area contributed by atoms with Crippen molar-refractivity contribution in [1.82, 2.24) is 5.32 Å². The molecule has 3 N–H and O–H groups in total. The Bertz CT molecular complexity index is 449. The number of aliphatic carboxylic acids is 1. The molecular formula is C13H17NO5S. The van der Waals surface area contributed by atoms with Crippen LogP contribution >= 0.6 is 11.8 Å². The summed E-state index contributed by atoms with van der Waals surface area (Å²) in [6.45, 7) is -0.289. The van der Waals surface area contributed by atoms with Gasteiger partial charge in [0.1, 0.15) is 11.8 Å². The number of hydrogen-bond acceptors (Lipinski definition) is 5. The Morgan fingerprint density at radius 3 is 2.50 bits per heavy atom. The Morgan fingerprint density at radius 2 is 2.00 bits per heavy atom. The lowest BCUT2D eigenvalue weighted by molar-refractivity contribution is -0.141. The zero-order valence-corrected chi connectivity index (χ0v) is 11.9. The molecule has 0 aliphatic carbocycles. The number of amides is 1. The van der Waals surface area contributed by atoms with Gasteiger partial charge in [0.25, 0.3) is 0 Å². The van der Waals surface area contributed by atoms with Gasteiger partial charge in [-0.15, -0.1) is 11.8 Å². The number of ether oxygens (including phenoxy) is 1. The Hall–Kier alpha value is -1.73. The van der Waals surface area contributed by atoms with Gasteiger partial charge in [0, 0.05) is 17.9 Å². The van der Waals surface area contributed by atoms with E-state index in [1.807, 2.05) is 12.1 Å². The standard InChI is InChI=1S/C13H17NO5S/c1-19-9-2-4-10(5-3-9)20-8-12(16)14-11(6-7-15)13(17)18/h2-5,11,15H,6-8H2,1H3,(H,14,16)(H,17,18)/t11-/m0/s1. The summed E-state index contributed by atoms with van der Waals surface area (Å²) >= 11 is 1.30. The van der Waals surface area contributed by atoms with Crippen LogP contribution in [0.5, 0.6) is 5.75 Å². The van der Waals surface area contributed by atoms with Crippen LogP contribution in [0.25, 0.3) is 0 Å². The third kappa shape index (κ3) is 5.50. The average Bonchev–Trinajstić information content (AvgIpc) is 2.45. The molecule has 0 radical (unpaired) electrons. The van der Waals surface area contributed by atoms with Crippen LogP contribution in [-0.2, 0) is 9.59 Å². The van der Waals surface area contributed by atoms with Crippen molar-refractivity contribution in [3.05, 3.63) is 24.3 Å². The van der Waals surface area contributed by atoms with Crippen molar-refractivity contribution in [2.45, 2.75) is 17.4 Å². The Kier molecular flexibility index (Phi) is 6.89. The number of carbonyl (C=O) groups excluding carboxylic acids is 1. The monoisotopic (exact) mass is 299 g/mol. The molecular weight excluding hydrogens is 282 g/mol. The number of rotatable bonds is 8. The average molecular weight is 299 g/mol. The van der Waals surface area contributed by atoms with Crippen LogP contribution in [0.3, 0.4) is 0 Å². The van der Waals surface area contributed by atoms with Gasteiger partial charge in [0.15, 0.2) is 0 Å². The number of aliphatic hydroxyl groups excluding tert-OH is 1. The molecule has 0 aromatic heterocycles. The minimum absolute atomic E-state index is 0.00568. The summed E-state index contributed by atoms with van der Waals surface area (Å²) in [5.74, 6) is -0.692. The topological polar surface area (TPSA) is 95.9 Å². The van der Waals surface area contributed by atoms with Gasteiger partial charge in [-0.2, -0.15) is 0 Å². The van der Waals surface area contributed by atoms with E-state index in [9.17, 15) is 9.59 Å². The van der Waals surface area contributed by atoms with Gasteiger partial charge in [-0.05, 0) is 24.3 Å². The normalized spacial score (nSPS) is 11.7. The maximum atomic E-state index is 11.6. The Balaban J connectivity index is 2.43. The van der Waals surface area contributed by atoms with E-state index in [2.05, 4.69) is 5.32 Å². The van der Waals surface area contributed by atoms with E-state index in [-0.39, 0.29) is 24.7 Å². The number of carbonyl (C=O) groups is 2. The van der Waals surface area contributed by atoms with Gasteiger partial charge in [0.2, 0.25) is 5.91 Å². The molecule has 110 valence electrons. The van der Waals surface area contributed by atoms with Gasteiger partial charge in [-0.1, -0.05) is 0 Å². The van der Waals surface area contributed by atoms with Gasteiger partial charge in [0.05, 0.1) is 12.9 Å². The minimum Gasteiger partial charge on any atom is -0.497 e. The summed E-state index contributed by atoms with van der Waals surface area (Å²) in [7, 11) is 1.57. The molecule has 0 unspecified atom stereocenters. The number of carboxylic acids is 1. The highest BCUT2D eigenvalue weighted by Gasteiger charge is 2.18. The van der Waals surface area contributed by atoms with Crippen molar-refractivity contribution in [3.8, 4) is 5.75 Å². The molecule has 0 heterocycles. The highest BCUT2D eigenvalue weighted by atomic mass is 32.2. The fraction of sp³-hybridized carbons (Fsp3) is 0.385. The van der Waals surface area contributed by atoms with E-state index in [0.29, 0.717) is 0 Å². The van der Waals surface area contributed by atoms with Crippen LogP contribution in [0.15, 0.2) is 29.2 Å². The predicted molar refractivity (Wildman–Crippen MR) is 75.0 cm³/mol. The van der Waals surface area contributed by atoms with Crippen LogP contribution in [0.4, 0.5) is 0 Å². The van der Waals surface area contributed by atoms with E-state index < -0.39 is 12.0 Å². The first-order chi connectivity index (χ1) is 9.56. The lowest BCUT2D eigenvalue weighted by Gasteiger charge is -2.12. The number of thioether (sulfide) groups is 1. The number of methoxy groups -OCH3 is 1. The fourth-order valence-corrected chi connectivity index (χ4v) is 2.15. The Morgan fingerprint density at radius 1 is 1.35 bits per heavy atom. The van der Waals surface area contributed by atoms with Crippen molar-refractivity contribution >= 4 is 23.6 Å². The molecule has 1 amide bonds. The zero-order valence-electron chi connectivity index (χ0n) is 11.0. The van der Waals surface area contributed by atoms with Gasteiger partial charge in [-0.25, -0.2) is 4.79 Å². The number of aliphatic hydroxyl groups is 1. The maximum Gasteiger partial charge on any atom is 0.326 e. The third-order valence-electron chi connectivity index (χ3n) is 2.48. The summed E-state index contributed by atoms with van der Waals surface area (Å²) in [6.07, 6.45) is -0.00568. The van der Waals surface area contributed by atoms with Gasteiger partial charge in [-0.3, -0.25) is 4.79 Å². The summed E-state index contributed by atoms with van der Waals surface area (Å²) in [6, 6.07) is 6.15. The fourth-order valence-electron chi connectivity index (χ4n) is 1.44. The summed E-state index contributed by atoms with van der Waals surface area (Å²) < 4.78 is 5.02. The molecule has 1 rings (SSSR count). The van der Waals surface area contributed by atoms with E-state index in [4.69, 9.17) is 14.9 Å². The molecule has 0 saturated heterocycles. The minimum atomic E-state index is -1.15. The summed E-state index contributed by atoms with van der Waals surface area (Å²) in [5.41, 5.74) is 0. The van der Waals surface area contributed by atoms with Crippen molar-refractivity contribution in [2.24, 2.45) is 0 Å². The van der Waals surface area contributed by atoms with Gasteiger partial charge < -0.3 is 20.3 Å². The SMILES string of the molecule is COc1ccc(SCC(=O)N[C@@H](CCO)C(=O)O)cc1. The van der Waals surface area contributed by atoms with Crippen molar-refractivity contribution in [2.75, 3.05) is 19.5 Å². The van der Waals surface area contributed by atoms with Crippen LogP contribution < -0.4 is 10.1 Å². The molecule has 0 aliphatic heterocycles. The highest BCUT2D eigenvalue weighted by Crippen LogP contribution is 2.20. The molecule has 1 atom stereocenters. The van der Waals surface area contributed by atoms with E-state index in [0.717, 1.165) is 10.6 Å². The second-order valence-corrected chi connectivity index (χ2v) is 4.98. The zero-order chi connectivity index (χ0) is 15.0. The third-order valence-corrected chi connectivity index (χ3v) is 3.49. The van der Waals surface area contributed by atoms with Crippen LogP contribution in [-0.4, -0.2) is 47.6 Å². The largest absolute Gasteiger partial charge is 0.497 e. The number of nitrogens with one attached hydrogen (secondary N) is 1. The summed E-state index contributed by atoms with van der Waals surface area (Å²) in [5, 5.41) is 19.9. The molecule has 7 heteroatoms. The molecule has 0 fully saturated rings. The molecule has 6 nitrogen and oxygen atoms in total. The van der Waals surface area contributed by atoms with Crippen molar-refractivity contribution in [1.29, 1.82) is 0 Å². The van der Waals surface area contributed by atoms with Crippen LogP contribution in [0, 0.1) is 0 Å². The second-order valence-electron chi connectivity index (χ2n) is 3.93. The number of carboxylic acid groups (broad SMARTS) is 1. The van der Waals surface area contributed by atoms with E-state index in [1.54, 1.807) is 19.2 Å². The van der Waals surface area contributed by atoms with Crippen LogP contribution in [0.1, 0.15) is 6.42 Å². The van der Waals surface area contributed by atoms with Gasteiger partial charge >= 0.3 is 5.97 Å².